The van der Waals surface area contributed by atoms with Gasteiger partial charge in [-0.05, 0) is 40.1 Å². The zero-order valence-corrected chi connectivity index (χ0v) is 26.4. The highest BCUT2D eigenvalue weighted by molar-refractivity contribution is 7.27. The van der Waals surface area contributed by atoms with E-state index in [1.165, 1.54) is 36.5 Å². The number of benzene rings is 7. The lowest BCUT2D eigenvalue weighted by Gasteiger charge is -2.09. The summed E-state index contributed by atoms with van der Waals surface area (Å²) in [5.41, 5.74) is 6.76. The third-order valence-corrected chi connectivity index (χ3v) is 10.4. The van der Waals surface area contributed by atoms with E-state index in [2.05, 4.69) is 78.9 Å². The Bertz CT molecular complexity index is 2780. The van der Waals surface area contributed by atoms with Gasteiger partial charge < -0.3 is 4.42 Å². The molecule has 0 aliphatic heterocycles. The van der Waals surface area contributed by atoms with Gasteiger partial charge in [0.1, 0.15) is 11.2 Å². The Morgan fingerprint density at radius 1 is 0.396 bits per heavy atom. The number of furan rings is 1. The van der Waals surface area contributed by atoms with Crippen molar-refractivity contribution in [2.45, 2.75) is 0 Å². The lowest BCUT2D eigenvalue weighted by atomic mass is 9.99. The van der Waals surface area contributed by atoms with Crippen LogP contribution < -0.4 is 0 Å². The van der Waals surface area contributed by atoms with Crippen molar-refractivity contribution < 1.29 is 4.42 Å². The molecule has 0 aliphatic carbocycles. The summed E-state index contributed by atoms with van der Waals surface area (Å²) in [4.78, 5) is 14.9. The van der Waals surface area contributed by atoms with Gasteiger partial charge in [-0.15, -0.1) is 11.3 Å². The summed E-state index contributed by atoms with van der Waals surface area (Å²) in [7, 11) is 0. The van der Waals surface area contributed by atoms with Crippen molar-refractivity contribution in [1.82, 2.24) is 15.0 Å². The van der Waals surface area contributed by atoms with E-state index in [9.17, 15) is 0 Å². The molecule has 48 heavy (non-hydrogen) atoms. The highest BCUT2D eigenvalue weighted by atomic mass is 32.1. The van der Waals surface area contributed by atoms with Gasteiger partial charge in [-0.3, -0.25) is 0 Å². The molecule has 0 aliphatic rings. The summed E-state index contributed by atoms with van der Waals surface area (Å²) < 4.78 is 9.18. The van der Waals surface area contributed by atoms with E-state index in [0.29, 0.717) is 17.5 Å². The maximum Gasteiger partial charge on any atom is 0.164 e. The SMILES string of the molecule is c1ccc(-c2nc(-c3ccccc3)nc(-c3cccc4oc5cc(-c6cccc7c6sc6c8ccccc8ccc76)ccc5c34)n2)cc1. The standard InChI is InChI=1S/C43H25N3OS/c1-3-12-27(13-4-1)41-44-42(28-14-5-2-6-15-28)46-43(45-41)35-19-10-20-36-38(35)34-24-22-29(25-37(34)47-36)31-17-9-18-32-33-23-21-26-11-7-8-16-30(26)39(33)48-40(31)32/h1-25H. The molecule has 3 heterocycles. The minimum absolute atomic E-state index is 0.613. The molecule has 5 heteroatoms. The van der Waals surface area contributed by atoms with Gasteiger partial charge in [0.25, 0.3) is 0 Å². The fourth-order valence-electron chi connectivity index (χ4n) is 6.86. The van der Waals surface area contributed by atoms with Crippen LogP contribution in [0.1, 0.15) is 0 Å². The number of hydrogen-bond donors (Lipinski definition) is 0. The van der Waals surface area contributed by atoms with E-state index in [-0.39, 0.29) is 0 Å². The summed E-state index contributed by atoms with van der Waals surface area (Å²) in [6.45, 7) is 0. The Kier molecular flexibility index (Phi) is 6.01. The fourth-order valence-corrected chi connectivity index (χ4v) is 8.23. The van der Waals surface area contributed by atoms with Crippen LogP contribution >= 0.6 is 11.3 Å². The second-order valence-electron chi connectivity index (χ2n) is 12.0. The van der Waals surface area contributed by atoms with Crippen molar-refractivity contribution in [2.75, 3.05) is 0 Å². The van der Waals surface area contributed by atoms with Crippen LogP contribution in [0.2, 0.25) is 0 Å². The van der Waals surface area contributed by atoms with Crippen LogP contribution in [0.15, 0.2) is 156 Å². The third kappa shape index (κ3) is 4.25. The average Bonchev–Trinajstić information content (AvgIpc) is 3.74. The molecule has 0 saturated heterocycles. The number of rotatable bonds is 4. The van der Waals surface area contributed by atoms with Gasteiger partial charge in [-0.2, -0.15) is 0 Å². The average molecular weight is 632 g/mol. The minimum atomic E-state index is 0.613. The molecule has 0 unspecified atom stereocenters. The molecule has 0 N–H and O–H groups in total. The van der Waals surface area contributed by atoms with Gasteiger partial charge in [-0.25, -0.2) is 15.0 Å². The van der Waals surface area contributed by atoms with Gasteiger partial charge >= 0.3 is 0 Å². The van der Waals surface area contributed by atoms with Crippen LogP contribution in [0.4, 0.5) is 0 Å². The summed E-state index contributed by atoms with van der Waals surface area (Å²) in [6.07, 6.45) is 0. The minimum Gasteiger partial charge on any atom is -0.456 e. The van der Waals surface area contributed by atoms with Crippen molar-refractivity contribution in [3.05, 3.63) is 152 Å². The Morgan fingerprint density at radius 3 is 1.81 bits per heavy atom. The van der Waals surface area contributed by atoms with Crippen molar-refractivity contribution in [3.8, 4) is 45.3 Å². The van der Waals surface area contributed by atoms with Crippen molar-refractivity contribution >= 4 is 64.2 Å². The molecule has 3 aromatic heterocycles. The Balaban J connectivity index is 1.16. The molecule has 0 radical (unpaired) electrons. The smallest absolute Gasteiger partial charge is 0.164 e. The zero-order valence-electron chi connectivity index (χ0n) is 25.6. The van der Waals surface area contributed by atoms with Gasteiger partial charge in [0.15, 0.2) is 17.5 Å². The monoisotopic (exact) mass is 631 g/mol. The first-order chi connectivity index (χ1) is 23.8. The maximum absolute atomic E-state index is 6.57. The predicted molar refractivity (Wildman–Crippen MR) is 199 cm³/mol. The summed E-state index contributed by atoms with van der Waals surface area (Å²) >= 11 is 1.87. The van der Waals surface area contributed by atoms with E-state index in [1.54, 1.807) is 0 Å². The van der Waals surface area contributed by atoms with E-state index >= 15 is 0 Å². The summed E-state index contributed by atoms with van der Waals surface area (Å²) in [5, 5.41) is 7.17. The van der Waals surface area contributed by atoms with Crippen LogP contribution in [-0.2, 0) is 0 Å². The molecule has 0 saturated carbocycles. The normalized spacial score (nSPS) is 11.8. The number of aromatic nitrogens is 3. The van der Waals surface area contributed by atoms with Crippen LogP contribution in [-0.4, -0.2) is 15.0 Å². The van der Waals surface area contributed by atoms with Gasteiger partial charge in [-0.1, -0.05) is 133 Å². The second-order valence-corrected chi connectivity index (χ2v) is 13.0. The molecule has 224 valence electrons. The van der Waals surface area contributed by atoms with E-state index < -0.39 is 0 Å². The molecule has 4 nitrogen and oxygen atoms in total. The molecule has 0 bridgehead atoms. The zero-order chi connectivity index (χ0) is 31.6. The van der Waals surface area contributed by atoms with Crippen LogP contribution in [0.5, 0.6) is 0 Å². The fraction of sp³-hybridized carbons (Fsp3) is 0. The first kappa shape index (κ1) is 27.0. The van der Waals surface area contributed by atoms with Gasteiger partial charge in [0, 0.05) is 47.6 Å². The molecular weight excluding hydrogens is 607 g/mol. The van der Waals surface area contributed by atoms with Crippen LogP contribution in [0.3, 0.4) is 0 Å². The first-order valence-corrected chi connectivity index (χ1v) is 16.8. The Hall–Kier alpha value is -6.17. The van der Waals surface area contributed by atoms with Gasteiger partial charge in [0.05, 0.1) is 0 Å². The Labute approximate surface area is 279 Å². The van der Waals surface area contributed by atoms with Crippen molar-refractivity contribution in [1.29, 1.82) is 0 Å². The Morgan fingerprint density at radius 2 is 1.02 bits per heavy atom. The maximum atomic E-state index is 6.57. The highest BCUT2D eigenvalue weighted by Crippen LogP contribution is 2.44. The molecule has 10 rings (SSSR count). The molecule has 7 aromatic carbocycles. The quantitative estimate of drug-likeness (QED) is 0.194. The summed E-state index contributed by atoms with van der Waals surface area (Å²) in [6, 6.07) is 52.6. The highest BCUT2D eigenvalue weighted by Gasteiger charge is 2.19. The molecule has 0 fully saturated rings. The third-order valence-electron chi connectivity index (χ3n) is 9.14. The van der Waals surface area contributed by atoms with Gasteiger partial charge in [0.2, 0.25) is 0 Å². The predicted octanol–water partition coefficient (Wildman–Crippen LogP) is 12.0. The van der Waals surface area contributed by atoms with Crippen LogP contribution in [0.25, 0.3) is 98.2 Å². The molecule has 0 atom stereocenters. The van der Waals surface area contributed by atoms with Crippen molar-refractivity contribution in [3.63, 3.8) is 0 Å². The summed E-state index contributed by atoms with van der Waals surface area (Å²) in [5.74, 6) is 1.88. The topological polar surface area (TPSA) is 51.8 Å². The number of hydrogen-bond acceptors (Lipinski definition) is 5. The lowest BCUT2D eigenvalue weighted by Crippen LogP contribution is -2.00. The van der Waals surface area contributed by atoms with Crippen molar-refractivity contribution in [2.24, 2.45) is 0 Å². The number of thiophene rings is 1. The van der Waals surface area contributed by atoms with E-state index in [4.69, 9.17) is 19.4 Å². The molecular formula is C43H25N3OS. The number of nitrogens with zero attached hydrogens (tertiary/aromatic N) is 3. The molecule has 10 aromatic rings. The van der Waals surface area contributed by atoms with E-state index in [1.807, 2.05) is 84.1 Å². The van der Waals surface area contributed by atoms with E-state index in [0.717, 1.165) is 44.2 Å². The van der Waals surface area contributed by atoms with Crippen LogP contribution in [0, 0.1) is 0 Å². The molecule has 0 spiro atoms. The lowest BCUT2D eigenvalue weighted by molar-refractivity contribution is 0.669. The first-order valence-electron chi connectivity index (χ1n) is 15.9. The largest absolute Gasteiger partial charge is 0.456 e. The second kappa shape index (κ2) is 10.7. The number of fused-ring (bicyclic) bond motifs is 8. The molecule has 0 amide bonds.